The Morgan fingerprint density at radius 2 is 1.67 bits per heavy atom. The third-order valence-electron chi connectivity index (χ3n) is 3.68. The Balaban J connectivity index is 2.29. The average molecular weight is 345 g/mol. The Bertz CT molecular complexity index is 673. The van der Waals surface area contributed by atoms with Crippen molar-refractivity contribution in [2.24, 2.45) is 0 Å². The van der Waals surface area contributed by atoms with Gasteiger partial charge in [0, 0.05) is 18.4 Å². The lowest BCUT2D eigenvalue weighted by Gasteiger charge is -2.15. The van der Waals surface area contributed by atoms with Crippen molar-refractivity contribution < 1.29 is 14.3 Å². The van der Waals surface area contributed by atoms with Gasteiger partial charge >= 0.3 is 0 Å². The molecule has 4 nitrogen and oxygen atoms in total. The quantitative estimate of drug-likeness (QED) is 0.828. The normalized spacial score (nSPS) is 10.3. The van der Waals surface area contributed by atoms with Crippen LogP contribution in [0.15, 0.2) is 46.2 Å². The molecular weight excluding hydrogens is 322 g/mol. The van der Waals surface area contributed by atoms with Crippen LogP contribution in [0, 0.1) is 6.92 Å². The summed E-state index contributed by atoms with van der Waals surface area (Å²) in [5.74, 6) is 1.53. The second kappa shape index (κ2) is 8.64. The molecule has 0 unspecified atom stereocenters. The fraction of sp³-hybridized carbons (Fsp3) is 0.316. The summed E-state index contributed by atoms with van der Waals surface area (Å²) in [6.45, 7) is 2.07. The first-order valence-electron chi connectivity index (χ1n) is 7.77. The molecule has 0 atom stereocenters. The monoisotopic (exact) mass is 345 g/mol. The van der Waals surface area contributed by atoms with Crippen LogP contribution in [0.2, 0.25) is 0 Å². The van der Waals surface area contributed by atoms with Crippen molar-refractivity contribution in [3.05, 3.63) is 47.5 Å². The first kappa shape index (κ1) is 18.2. The maximum absolute atomic E-state index is 11.5. The van der Waals surface area contributed by atoms with E-state index in [1.807, 2.05) is 12.1 Å². The van der Waals surface area contributed by atoms with Crippen molar-refractivity contribution in [2.75, 3.05) is 21.3 Å². The van der Waals surface area contributed by atoms with E-state index in [9.17, 15) is 4.79 Å². The molecule has 0 aliphatic heterocycles. The van der Waals surface area contributed by atoms with Crippen molar-refractivity contribution in [3.63, 3.8) is 0 Å². The summed E-state index contributed by atoms with van der Waals surface area (Å²) in [7, 11) is 4.94. The van der Waals surface area contributed by atoms with Crippen LogP contribution in [0.4, 0.5) is 0 Å². The molecule has 1 amide bonds. The number of methoxy groups -OCH3 is 2. The molecule has 0 spiro atoms. The van der Waals surface area contributed by atoms with Gasteiger partial charge < -0.3 is 14.8 Å². The molecule has 1 N–H and O–H groups in total. The Labute approximate surface area is 147 Å². The van der Waals surface area contributed by atoms with Crippen LogP contribution in [0.3, 0.4) is 0 Å². The number of hydrogen-bond donors (Lipinski definition) is 1. The third kappa shape index (κ3) is 4.68. The summed E-state index contributed by atoms with van der Waals surface area (Å²) in [5, 5.41) is 2.64. The van der Waals surface area contributed by atoms with Gasteiger partial charge in [-0.15, -0.1) is 0 Å². The summed E-state index contributed by atoms with van der Waals surface area (Å²) in [6.07, 6.45) is 1.08. The molecule has 0 heterocycles. The van der Waals surface area contributed by atoms with E-state index in [-0.39, 0.29) is 5.91 Å². The Kier molecular flexibility index (Phi) is 6.55. The number of rotatable bonds is 7. The van der Waals surface area contributed by atoms with Gasteiger partial charge in [-0.05, 0) is 43.2 Å². The number of carbonyl (C=O) groups excluding carboxylic acids is 1. The van der Waals surface area contributed by atoms with Crippen molar-refractivity contribution in [1.82, 2.24) is 5.32 Å². The molecule has 0 bridgehead atoms. The molecule has 0 aromatic heterocycles. The van der Waals surface area contributed by atoms with Crippen molar-refractivity contribution in [3.8, 4) is 11.5 Å². The Hall–Kier alpha value is -2.14. The van der Waals surface area contributed by atoms with Gasteiger partial charge in [-0.2, -0.15) is 0 Å². The summed E-state index contributed by atoms with van der Waals surface area (Å²) in [6, 6.07) is 12.3. The summed E-state index contributed by atoms with van der Waals surface area (Å²) < 4.78 is 11.1. The summed E-state index contributed by atoms with van der Waals surface area (Å²) in [4.78, 5) is 13.5. The maximum atomic E-state index is 11.5. The lowest BCUT2D eigenvalue weighted by atomic mass is 10.1. The second-order valence-corrected chi connectivity index (χ2v) is 6.50. The van der Waals surface area contributed by atoms with Crippen LogP contribution in [-0.4, -0.2) is 27.2 Å². The molecular formula is C19H23NO3S. The molecule has 0 radical (unpaired) electrons. The Morgan fingerprint density at radius 1 is 1.08 bits per heavy atom. The summed E-state index contributed by atoms with van der Waals surface area (Å²) >= 11 is 1.61. The van der Waals surface area contributed by atoms with E-state index in [0.717, 1.165) is 26.9 Å². The highest BCUT2D eigenvalue weighted by Crippen LogP contribution is 2.42. The minimum Gasteiger partial charge on any atom is -0.495 e. The number of amides is 1. The highest BCUT2D eigenvalue weighted by molar-refractivity contribution is 7.99. The van der Waals surface area contributed by atoms with E-state index in [4.69, 9.17) is 9.47 Å². The van der Waals surface area contributed by atoms with Gasteiger partial charge in [0.1, 0.15) is 11.5 Å². The molecule has 0 fully saturated rings. The number of ether oxygens (including phenoxy) is 2. The van der Waals surface area contributed by atoms with Gasteiger partial charge in [-0.1, -0.05) is 29.5 Å². The van der Waals surface area contributed by atoms with Crippen molar-refractivity contribution in [1.29, 1.82) is 0 Å². The minimum absolute atomic E-state index is 0.0195. The molecule has 0 saturated heterocycles. The van der Waals surface area contributed by atoms with E-state index < -0.39 is 0 Å². The minimum atomic E-state index is 0.0195. The van der Waals surface area contributed by atoms with E-state index >= 15 is 0 Å². The predicted molar refractivity (Wildman–Crippen MR) is 97.2 cm³/mol. The smallest absolute Gasteiger partial charge is 0.220 e. The molecule has 2 rings (SSSR count). The van der Waals surface area contributed by atoms with Gasteiger partial charge in [0.25, 0.3) is 0 Å². The molecule has 2 aromatic carbocycles. The SMILES string of the molecule is CNC(=O)CCc1cc(OC)c(Sc2ccc(C)cc2)c(OC)c1. The predicted octanol–water partition coefficient (Wildman–Crippen LogP) is 3.84. The topological polar surface area (TPSA) is 47.6 Å². The van der Waals surface area contributed by atoms with Crippen LogP contribution in [-0.2, 0) is 11.2 Å². The molecule has 0 aliphatic rings. The zero-order valence-corrected chi connectivity index (χ0v) is 15.3. The zero-order valence-electron chi connectivity index (χ0n) is 14.5. The van der Waals surface area contributed by atoms with Gasteiger partial charge in [-0.3, -0.25) is 4.79 Å². The number of aryl methyl sites for hydroxylation is 2. The maximum Gasteiger partial charge on any atom is 0.220 e. The van der Waals surface area contributed by atoms with Gasteiger partial charge in [0.2, 0.25) is 5.91 Å². The second-order valence-electron chi connectivity index (χ2n) is 5.42. The molecule has 24 heavy (non-hydrogen) atoms. The first-order chi connectivity index (χ1) is 11.6. The van der Waals surface area contributed by atoms with Crippen LogP contribution < -0.4 is 14.8 Å². The largest absolute Gasteiger partial charge is 0.495 e. The summed E-state index contributed by atoms with van der Waals surface area (Å²) in [5.41, 5.74) is 2.24. The van der Waals surface area contributed by atoms with Crippen LogP contribution in [0.5, 0.6) is 11.5 Å². The fourth-order valence-corrected chi connectivity index (χ4v) is 3.28. The lowest BCUT2D eigenvalue weighted by Crippen LogP contribution is -2.17. The number of carbonyl (C=O) groups is 1. The lowest BCUT2D eigenvalue weighted by molar-refractivity contribution is -0.120. The van der Waals surface area contributed by atoms with E-state index in [0.29, 0.717) is 12.8 Å². The highest BCUT2D eigenvalue weighted by Gasteiger charge is 2.15. The van der Waals surface area contributed by atoms with Crippen molar-refractivity contribution in [2.45, 2.75) is 29.6 Å². The van der Waals surface area contributed by atoms with Gasteiger partial charge in [0.05, 0.1) is 19.1 Å². The number of benzene rings is 2. The van der Waals surface area contributed by atoms with E-state index in [1.54, 1.807) is 33.0 Å². The van der Waals surface area contributed by atoms with Crippen LogP contribution in [0.25, 0.3) is 0 Å². The first-order valence-corrected chi connectivity index (χ1v) is 8.59. The van der Waals surface area contributed by atoms with Crippen LogP contribution in [0.1, 0.15) is 17.5 Å². The zero-order chi connectivity index (χ0) is 17.5. The Morgan fingerprint density at radius 3 is 2.17 bits per heavy atom. The van der Waals surface area contributed by atoms with E-state index in [2.05, 4.69) is 36.5 Å². The van der Waals surface area contributed by atoms with Gasteiger partial charge in [0.15, 0.2) is 0 Å². The fourth-order valence-electron chi connectivity index (χ4n) is 2.29. The molecule has 0 aliphatic carbocycles. The number of hydrogen-bond acceptors (Lipinski definition) is 4. The highest BCUT2D eigenvalue weighted by atomic mass is 32.2. The van der Waals surface area contributed by atoms with E-state index in [1.165, 1.54) is 5.56 Å². The van der Waals surface area contributed by atoms with Gasteiger partial charge in [-0.25, -0.2) is 0 Å². The average Bonchev–Trinajstić information content (AvgIpc) is 2.61. The molecule has 5 heteroatoms. The molecule has 0 saturated carbocycles. The number of nitrogens with one attached hydrogen (secondary N) is 1. The third-order valence-corrected chi connectivity index (χ3v) is 4.80. The molecule has 2 aromatic rings. The van der Waals surface area contributed by atoms with Crippen LogP contribution >= 0.6 is 11.8 Å². The standard InChI is InChI=1S/C19H23NO3S/c1-13-5-8-15(9-6-13)24-19-16(22-3)11-14(12-17(19)23-4)7-10-18(21)20-2/h5-6,8-9,11-12H,7,10H2,1-4H3,(H,20,21). The molecule has 128 valence electrons. The van der Waals surface area contributed by atoms with Crippen molar-refractivity contribution >= 4 is 17.7 Å².